The van der Waals surface area contributed by atoms with Crippen molar-refractivity contribution < 1.29 is 22.5 Å². The summed E-state index contributed by atoms with van der Waals surface area (Å²) in [4.78, 5) is 23.1. The number of likely N-dealkylation sites (tertiary alicyclic amines) is 1. The van der Waals surface area contributed by atoms with E-state index in [4.69, 9.17) is 9.26 Å². The van der Waals surface area contributed by atoms with Crippen molar-refractivity contribution in [1.29, 1.82) is 0 Å². The molecule has 2 saturated heterocycles. The van der Waals surface area contributed by atoms with Crippen molar-refractivity contribution in [3.05, 3.63) is 60.2 Å². The first-order valence-electron chi connectivity index (χ1n) is 10.2. The number of ether oxygens (including phenoxy) is 1. The molecule has 0 aliphatic carbocycles. The maximum absolute atomic E-state index is 12.8. The molecule has 1 amide bonds. The number of morpholine rings is 1. The quantitative estimate of drug-likeness (QED) is 0.566. The largest absolute Gasteiger partial charge is 0.379 e. The van der Waals surface area contributed by atoms with Crippen molar-refractivity contribution >= 4 is 15.9 Å². The van der Waals surface area contributed by atoms with Crippen molar-refractivity contribution in [1.82, 2.24) is 24.3 Å². The summed E-state index contributed by atoms with van der Waals surface area (Å²) < 4.78 is 37.4. The van der Waals surface area contributed by atoms with E-state index in [9.17, 15) is 13.2 Å². The highest BCUT2D eigenvalue weighted by molar-refractivity contribution is 7.89. The summed E-state index contributed by atoms with van der Waals surface area (Å²) in [5.41, 5.74) is 1.20. The number of carbonyl (C=O) groups excluding carboxylic acids is 1. The topological polar surface area (TPSA) is 119 Å². The van der Waals surface area contributed by atoms with Crippen molar-refractivity contribution in [3.63, 3.8) is 0 Å². The average molecular weight is 455 g/mol. The Bertz CT molecular complexity index is 1200. The third-order valence-corrected chi connectivity index (χ3v) is 7.50. The minimum Gasteiger partial charge on any atom is -0.379 e. The minimum atomic E-state index is -3.59. The molecular weight excluding hydrogens is 434 g/mol. The lowest BCUT2D eigenvalue weighted by Crippen LogP contribution is -2.48. The lowest BCUT2D eigenvalue weighted by Gasteiger charge is -2.37. The third-order valence-electron chi connectivity index (χ3n) is 5.59. The summed E-state index contributed by atoms with van der Waals surface area (Å²) in [5.74, 6) is 0.760. The number of aromatic nitrogens is 3. The van der Waals surface area contributed by atoms with Gasteiger partial charge in [-0.1, -0.05) is 5.16 Å². The Morgan fingerprint density at radius 3 is 2.50 bits per heavy atom. The van der Waals surface area contributed by atoms with Crippen LogP contribution in [0.1, 0.15) is 22.2 Å². The van der Waals surface area contributed by atoms with Crippen LogP contribution < -0.4 is 0 Å². The minimum absolute atomic E-state index is 0.0298. The van der Waals surface area contributed by atoms with Crippen molar-refractivity contribution in [2.75, 3.05) is 39.4 Å². The molecule has 0 saturated carbocycles. The number of rotatable bonds is 5. The number of carbonyl (C=O) groups is 1. The molecule has 2 aliphatic heterocycles. The number of nitrogens with zero attached hydrogens (tertiary/aromatic N) is 5. The van der Waals surface area contributed by atoms with Crippen molar-refractivity contribution in [3.8, 4) is 11.4 Å². The van der Waals surface area contributed by atoms with Gasteiger partial charge in [0.05, 0.1) is 24.0 Å². The number of hydrogen-bond donors (Lipinski definition) is 0. The molecule has 2 fully saturated rings. The molecule has 0 atom stereocenters. The van der Waals surface area contributed by atoms with Crippen LogP contribution in [0.2, 0.25) is 0 Å². The summed E-state index contributed by atoms with van der Waals surface area (Å²) in [7, 11) is -3.59. The first-order chi connectivity index (χ1) is 15.5. The van der Waals surface area contributed by atoms with Gasteiger partial charge >= 0.3 is 0 Å². The first-order valence-corrected chi connectivity index (χ1v) is 11.7. The lowest BCUT2D eigenvalue weighted by molar-refractivity contribution is 0.0569. The van der Waals surface area contributed by atoms with Crippen LogP contribution in [0.15, 0.2) is 58.2 Å². The number of amides is 1. The molecule has 2 aliphatic rings. The summed E-state index contributed by atoms with van der Waals surface area (Å²) in [6.07, 6.45) is 3.33. The van der Waals surface area contributed by atoms with Gasteiger partial charge in [-0.15, -0.1) is 0 Å². The highest BCUT2D eigenvalue weighted by atomic mass is 32.2. The summed E-state index contributed by atoms with van der Waals surface area (Å²) in [6.45, 7) is 2.35. The monoisotopic (exact) mass is 455 g/mol. The maximum atomic E-state index is 12.8. The van der Waals surface area contributed by atoms with E-state index in [0.29, 0.717) is 56.7 Å². The summed E-state index contributed by atoms with van der Waals surface area (Å²) in [6, 6.07) is 9.71. The van der Waals surface area contributed by atoms with Crippen LogP contribution in [-0.2, 0) is 14.8 Å². The second-order valence-corrected chi connectivity index (χ2v) is 9.58. The van der Waals surface area contributed by atoms with Gasteiger partial charge in [0, 0.05) is 49.7 Å². The van der Waals surface area contributed by atoms with Gasteiger partial charge in [-0.25, -0.2) is 8.42 Å². The van der Waals surface area contributed by atoms with Gasteiger partial charge in [0.2, 0.25) is 21.7 Å². The van der Waals surface area contributed by atoms with Gasteiger partial charge in [0.1, 0.15) is 0 Å². The lowest BCUT2D eigenvalue weighted by atomic mass is 9.99. The molecular formula is C21H21N5O5S. The van der Waals surface area contributed by atoms with Crippen LogP contribution in [-0.4, -0.2) is 78.0 Å². The average Bonchev–Trinajstić information content (AvgIpc) is 3.29. The predicted molar refractivity (Wildman–Crippen MR) is 112 cm³/mol. The van der Waals surface area contributed by atoms with Crippen LogP contribution in [0.25, 0.3) is 11.4 Å². The van der Waals surface area contributed by atoms with Gasteiger partial charge in [0.15, 0.2) is 0 Å². The van der Waals surface area contributed by atoms with Crippen LogP contribution in [0, 0.1) is 0 Å². The number of benzene rings is 1. The molecule has 166 valence electrons. The zero-order valence-corrected chi connectivity index (χ0v) is 17.9. The fourth-order valence-electron chi connectivity index (χ4n) is 3.70. The van der Waals surface area contributed by atoms with E-state index in [2.05, 4.69) is 15.1 Å². The molecule has 1 aromatic carbocycles. The molecule has 0 N–H and O–H groups in total. The Balaban J connectivity index is 1.21. The van der Waals surface area contributed by atoms with Crippen LogP contribution in [0.5, 0.6) is 0 Å². The molecule has 2 aromatic heterocycles. The fourth-order valence-corrected chi connectivity index (χ4v) is 5.11. The summed E-state index contributed by atoms with van der Waals surface area (Å²) >= 11 is 0. The van der Waals surface area contributed by atoms with Crippen LogP contribution in [0.4, 0.5) is 0 Å². The standard InChI is InChI=1S/C21H21N5O5S/c27-21(15-3-5-18(6-4-15)32(28,29)26-8-10-30-11-9-26)25-13-17(14-25)20-23-19(24-31-20)16-2-1-7-22-12-16/h1-7,12,17H,8-11,13-14H2. The Hall–Kier alpha value is -3.15. The molecule has 0 unspecified atom stereocenters. The Morgan fingerprint density at radius 1 is 1.06 bits per heavy atom. The van der Waals surface area contributed by atoms with Gasteiger partial charge in [-0.05, 0) is 36.4 Å². The van der Waals surface area contributed by atoms with Crippen LogP contribution in [0.3, 0.4) is 0 Å². The number of pyridine rings is 1. The molecule has 32 heavy (non-hydrogen) atoms. The molecule has 4 heterocycles. The number of hydrogen-bond acceptors (Lipinski definition) is 8. The molecule has 11 heteroatoms. The molecule has 10 nitrogen and oxygen atoms in total. The van der Waals surface area contributed by atoms with E-state index in [-0.39, 0.29) is 16.7 Å². The second-order valence-electron chi connectivity index (χ2n) is 7.65. The van der Waals surface area contributed by atoms with E-state index in [1.54, 1.807) is 35.5 Å². The molecule has 0 spiro atoms. The summed E-state index contributed by atoms with van der Waals surface area (Å²) in [5, 5.41) is 3.99. The van der Waals surface area contributed by atoms with Crippen molar-refractivity contribution in [2.24, 2.45) is 0 Å². The van der Waals surface area contributed by atoms with Gasteiger partial charge in [-0.2, -0.15) is 9.29 Å². The zero-order valence-electron chi connectivity index (χ0n) is 17.1. The van der Waals surface area contributed by atoms with E-state index >= 15 is 0 Å². The highest BCUT2D eigenvalue weighted by Crippen LogP contribution is 2.29. The second kappa shape index (κ2) is 8.41. The van der Waals surface area contributed by atoms with Crippen molar-refractivity contribution in [2.45, 2.75) is 10.8 Å². The maximum Gasteiger partial charge on any atom is 0.253 e. The molecule has 0 bridgehead atoms. The Labute approximate surface area is 184 Å². The molecule has 0 radical (unpaired) electrons. The first kappa shape index (κ1) is 20.7. The predicted octanol–water partition coefficient (Wildman–Crippen LogP) is 1.39. The van der Waals surface area contributed by atoms with Gasteiger partial charge < -0.3 is 14.2 Å². The van der Waals surface area contributed by atoms with Crippen LogP contribution >= 0.6 is 0 Å². The number of sulfonamides is 1. The third kappa shape index (κ3) is 3.90. The highest BCUT2D eigenvalue weighted by Gasteiger charge is 2.36. The van der Waals surface area contributed by atoms with Gasteiger partial charge in [0.25, 0.3) is 5.91 Å². The van der Waals surface area contributed by atoms with E-state index in [1.165, 1.54) is 16.4 Å². The van der Waals surface area contributed by atoms with E-state index in [0.717, 1.165) is 5.56 Å². The fraction of sp³-hybridized carbons (Fsp3) is 0.333. The van der Waals surface area contributed by atoms with Gasteiger partial charge in [-0.3, -0.25) is 9.78 Å². The molecule has 3 aromatic rings. The van der Waals surface area contributed by atoms with E-state index < -0.39 is 10.0 Å². The normalized spacial score (nSPS) is 17.8. The Kier molecular flexibility index (Phi) is 5.45. The Morgan fingerprint density at radius 2 is 1.81 bits per heavy atom. The zero-order chi connectivity index (χ0) is 22.1. The SMILES string of the molecule is O=C(c1ccc(S(=O)(=O)N2CCOCC2)cc1)N1CC(c2nc(-c3cccnc3)no2)C1. The molecule has 5 rings (SSSR count). The smallest absolute Gasteiger partial charge is 0.253 e. The van der Waals surface area contributed by atoms with E-state index in [1.807, 2.05) is 6.07 Å².